The Kier molecular flexibility index (Phi) is 4.75. The minimum Gasteiger partial charge on any atom is -0.503 e. The van der Waals surface area contributed by atoms with Crippen LogP contribution in [0, 0.1) is 0 Å². The van der Waals surface area contributed by atoms with E-state index in [1.165, 1.54) is 34.1 Å². The molecule has 0 fully saturated rings. The SMILES string of the molecule is CCc1ccc2nc(N3C(=O)C(O)=C(C(=O)c4ccco4)C3C3CC=CS3)sc2c1. The van der Waals surface area contributed by atoms with Gasteiger partial charge in [0.15, 0.2) is 16.7 Å². The van der Waals surface area contributed by atoms with E-state index in [1.807, 2.05) is 23.6 Å². The van der Waals surface area contributed by atoms with Crippen LogP contribution in [0.2, 0.25) is 0 Å². The quantitative estimate of drug-likeness (QED) is 0.572. The van der Waals surface area contributed by atoms with Gasteiger partial charge < -0.3 is 9.52 Å². The lowest BCUT2D eigenvalue weighted by molar-refractivity contribution is -0.117. The lowest BCUT2D eigenvalue weighted by Crippen LogP contribution is -2.43. The monoisotopic (exact) mass is 438 g/mol. The van der Waals surface area contributed by atoms with E-state index in [1.54, 1.807) is 17.8 Å². The number of hydrogen-bond acceptors (Lipinski definition) is 7. The van der Waals surface area contributed by atoms with Crippen LogP contribution in [-0.4, -0.2) is 33.1 Å². The molecule has 152 valence electrons. The number of fused-ring (bicyclic) bond motifs is 1. The van der Waals surface area contributed by atoms with Gasteiger partial charge in [0.2, 0.25) is 5.78 Å². The van der Waals surface area contributed by atoms with Gasteiger partial charge in [-0.2, -0.15) is 0 Å². The van der Waals surface area contributed by atoms with Gasteiger partial charge in [0, 0.05) is 5.25 Å². The molecule has 1 aromatic carbocycles. The number of benzene rings is 1. The number of allylic oxidation sites excluding steroid dienone is 1. The Balaban J connectivity index is 1.61. The number of rotatable bonds is 5. The molecule has 1 N–H and O–H groups in total. The average molecular weight is 439 g/mol. The molecule has 2 atom stereocenters. The summed E-state index contributed by atoms with van der Waals surface area (Å²) in [5, 5.41) is 13.1. The second-order valence-corrected chi connectivity index (χ2v) is 9.28. The summed E-state index contributed by atoms with van der Waals surface area (Å²) in [7, 11) is 0. The van der Waals surface area contributed by atoms with E-state index in [0.29, 0.717) is 11.6 Å². The highest BCUT2D eigenvalue weighted by Crippen LogP contribution is 2.43. The summed E-state index contributed by atoms with van der Waals surface area (Å²) in [6, 6.07) is 8.56. The molecule has 2 unspecified atom stereocenters. The average Bonchev–Trinajstić information content (AvgIpc) is 3.54. The van der Waals surface area contributed by atoms with Gasteiger partial charge in [-0.25, -0.2) is 4.98 Å². The molecule has 30 heavy (non-hydrogen) atoms. The number of aryl methyl sites for hydroxylation is 1. The number of nitrogens with zero attached hydrogens (tertiary/aromatic N) is 2. The number of thioether (sulfide) groups is 1. The molecule has 2 aliphatic heterocycles. The molecule has 0 saturated heterocycles. The fraction of sp³-hybridized carbons (Fsp3) is 0.227. The van der Waals surface area contributed by atoms with Gasteiger partial charge >= 0.3 is 0 Å². The van der Waals surface area contributed by atoms with Crippen LogP contribution in [0.15, 0.2) is 63.8 Å². The first-order valence-electron chi connectivity index (χ1n) is 9.63. The van der Waals surface area contributed by atoms with Gasteiger partial charge in [0.05, 0.1) is 28.1 Å². The maximum absolute atomic E-state index is 13.1. The van der Waals surface area contributed by atoms with Crippen molar-refractivity contribution in [3.63, 3.8) is 0 Å². The van der Waals surface area contributed by atoms with E-state index in [9.17, 15) is 14.7 Å². The van der Waals surface area contributed by atoms with E-state index in [2.05, 4.69) is 18.0 Å². The number of ketones is 1. The summed E-state index contributed by atoms with van der Waals surface area (Å²) in [6.07, 6.45) is 5.00. The van der Waals surface area contributed by atoms with Crippen molar-refractivity contribution in [2.24, 2.45) is 0 Å². The third-order valence-corrected chi connectivity index (χ3v) is 7.53. The van der Waals surface area contributed by atoms with Gasteiger partial charge in [-0.15, -0.1) is 11.8 Å². The second kappa shape index (κ2) is 7.45. The van der Waals surface area contributed by atoms with Crippen molar-refractivity contribution < 1.29 is 19.1 Å². The topological polar surface area (TPSA) is 83.6 Å². The minimum atomic E-state index is -0.624. The van der Waals surface area contributed by atoms with E-state index in [0.717, 1.165) is 16.6 Å². The normalized spacial score (nSPS) is 21.4. The molecule has 0 saturated carbocycles. The van der Waals surface area contributed by atoms with Gasteiger partial charge in [-0.05, 0) is 48.1 Å². The molecule has 1 amide bonds. The van der Waals surface area contributed by atoms with Crippen molar-refractivity contribution >= 4 is 50.1 Å². The molecule has 0 radical (unpaired) electrons. The zero-order valence-corrected chi connectivity index (χ0v) is 17.7. The van der Waals surface area contributed by atoms with Crippen molar-refractivity contribution in [2.45, 2.75) is 31.1 Å². The largest absolute Gasteiger partial charge is 0.503 e. The van der Waals surface area contributed by atoms with Crippen molar-refractivity contribution in [1.29, 1.82) is 0 Å². The first kappa shape index (κ1) is 19.1. The first-order valence-corrected chi connectivity index (χ1v) is 11.4. The summed E-state index contributed by atoms with van der Waals surface area (Å²) < 4.78 is 6.23. The van der Waals surface area contributed by atoms with Crippen LogP contribution in [0.25, 0.3) is 10.2 Å². The fourth-order valence-corrected chi connectivity index (χ4v) is 5.97. The molecule has 5 rings (SSSR count). The summed E-state index contributed by atoms with van der Waals surface area (Å²) in [6.45, 7) is 2.09. The Morgan fingerprint density at radius 3 is 2.93 bits per heavy atom. The van der Waals surface area contributed by atoms with Crippen LogP contribution < -0.4 is 4.90 Å². The highest BCUT2D eigenvalue weighted by molar-refractivity contribution is 8.03. The van der Waals surface area contributed by atoms with Gasteiger partial charge in [-0.1, -0.05) is 30.4 Å². The number of hydrogen-bond donors (Lipinski definition) is 1. The van der Waals surface area contributed by atoms with Crippen LogP contribution >= 0.6 is 23.1 Å². The van der Waals surface area contributed by atoms with Crippen molar-refractivity contribution in [3.8, 4) is 0 Å². The Morgan fingerprint density at radius 2 is 2.23 bits per heavy atom. The maximum Gasteiger partial charge on any atom is 0.296 e. The summed E-state index contributed by atoms with van der Waals surface area (Å²) >= 11 is 2.94. The number of furan rings is 1. The van der Waals surface area contributed by atoms with Gasteiger partial charge in [-0.3, -0.25) is 14.5 Å². The molecule has 0 spiro atoms. The van der Waals surface area contributed by atoms with Gasteiger partial charge in [0.25, 0.3) is 5.91 Å². The second-order valence-electron chi connectivity index (χ2n) is 7.12. The number of aliphatic hydroxyl groups is 1. The number of carbonyl (C=O) groups excluding carboxylic acids is 2. The van der Waals surface area contributed by atoms with Crippen molar-refractivity contribution in [1.82, 2.24) is 4.98 Å². The third kappa shape index (κ3) is 2.98. The van der Waals surface area contributed by atoms with Crippen LogP contribution in [0.4, 0.5) is 5.13 Å². The fourth-order valence-electron chi connectivity index (χ4n) is 3.85. The van der Waals surface area contributed by atoms with Crippen molar-refractivity contribution in [3.05, 3.63) is 70.7 Å². The zero-order chi connectivity index (χ0) is 20.8. The number of aliphatic hydroxyl groups excluding tert-OH is 1. The maximum atomic E-state index is 13.1. The molecular weight excluding hydrogens is 420 g/mol. The summed E-state index contributed by atoms with van der Waals surface area (Å²) in [5.74, 6) is -1.50. The van der Waals surface area contributed by atoms with Crippen LogP contribution in [0.1, 0.15) is 29.5 Å². The molecule has 2 aliphatic rings. The Bertz CT molecular complexity index is 1200. The standard InChI is InChI=1S/C22H18N2O4S2/c1-2-12-7-8-13-16(11-12)30-22(23-13)24-18(15-6-4-10-29-15)17(20(26)21(24)27)19(25)14-5-3-9-28-14/h3-5,7-11,15,18,26H,2,6H2,1H3. The molecule has 4 heterocycles. The van der Waals surface area contributed by atoms with Crippen molar-refractivity contribution in [2.75, 3.05) is 4.90 Å². The zero-order valence-electron chi connectivity index (χ0n) is 16.1. The van der Waals surface area contributed by atoms with Gasteiger partial charge in [0.1, 0.15) is 0 Å². The highest BCUT2D eigenvalue weighted by atomic mass is 32.2. The smallest absolute Gasteiger partial charge is 0.296 e. The number of carbonyl (C=O) groups is 2. The molecule has 2 aromatic heterocycles. The minimum absolute atomic E-state index is 0.0738. The van der Waals surface area contributed by atoms with Crippen LogP contribution in [-0.2, 0) is 11.2 Å². The predicted octanol–water partition coefficient (Wildman–Crippen LogP) is 4.88. The molecule has 8 heteroatoms. The number of Topliss-reactive ketones (excluding diaryl/α,β-unsaturated/α-hetero) is 1. The summed E-state index contributed by atoms with van der Waals surface area (Å²) in [4.78, 5) is 32.4. The van der Waals surface area contributed by atoms with Crippen LogP contribution in [0.5, 0.6) is 0 Å². The number of thiazole rings is 1. The molecule has 6 nitrogen and oxygen atoms in total. The van der Waals surface area contributed by atoms with E-state index in [4.69, 9.17) is 4.42 Å². The Labute approximate surface area is 180 Å². The van der Waals surface area contributed by atoms with E-state index < -0.39 is 23.5 Å². The molecule has 0 bridgehead atoms. The van der Waals surface area contributed by atoms with E-state index >= 15 is 0 Å². The number of aromatic nitrogens is 1. The summed E-state index contributed by atoms with van der Waals surface area (Å²) in [5.41, 5.74) is 2.05. The number of amides is 1. The van der Waals surface area contributed by atoms with E-state index in [-0.39, 0.29) is 16.6 Å². The lowest BCUT2D eigenvalue weighted by Gasteiger charge is -2.28. The highest BCUT2D eigenvalue weighted by Gasteiger charge is 2.49. The molecule has 3 aromatic rings. The van der Waals surface area contributed by atoms with Crippen LogP contribution in [0.3, 0.4) is 0 Å². The first-order chi connectivity index (χ1) is 14.6. The predicted molar refractivity (Wildman–Crippen MR) is 118 cm³/mol. The Hall–Kier alpha value is -2.84. The molecular formula is C22H18N2O4S2. The molecule has 0 aliphatic carbocycles. The lowest BCUT2D eigenvalue weighted by atomic mass is 9.97. The third-order valence-electron chi connectivity index (χ3n) is 5.37. The Morgan fingerprint density at radius 1 is 1.37 bits per heavy atom. The number of anilines is 1.